The molecule has 1 heterocycles. The highest BCUT2D eigenvalue weighted by atomic mass is 16.1. The van der Waals surface area contributed by atoms with Crippen LogP contribution in [0.25, 0.3) is 10.9 Å². The average Bonchev–Trinajstić information content (AvgIpc) is 2.67. The van der Waals surface area contributed by atoms with Crippen LogP contribution >= 0.6 is 0 Å². The standard InChI is InChI=1S/C11H12N2O/c1-2-3-8-4-5-9(7-14)11-10(8)6-12-13-11/h4-7H,2-3H2,1H3,(H,12,13). The summed E-state index contributed by atoms with van der Waals surface area (Å²) in [5.41, 5.74) is 2.78. The van der Waals surface area contributed by atoms with Gasteiger partial charge in [-0.15, -0.1) is 0 Å². The van der Waals surface area contributed by atoms with Crippen molar-refractivity contribution >= 4 is 17.2 Å². The van der Waals surface area contributed by atoms with E-state index in [0.29, 0.717) is 5.56 Å². The van der Waals surface area contributed by atoms with E-state index in [1.807, 2.05) is 12.1 Å². The molecule has 0 radical (unpaired) electrons. The van der Waals surface area contributed by atoms with Crippen LogP contribution < -0.4 is 0 Å². The molecule has 0 amide bonds. The van der Waals surface area contributed by atoms with Crippen molar-refractivity contribution in [1.82, 2.24) is 10.2 Å². The van der Waals surface area contributed by atoms with Crippen molar-refractivity contribution < 1.29 is 4.79 Å². The number of aryl methyl sites for hydroxylation is 1. The Morgan fingerprint density at radius 2 is 2.36 bits per heavy atom. The zero-order valence-corrected chi connectivity index (χ0v) is 8.08. The number of aromatic nitrogens is 2. The number of carbonyl (C=O) groups excluding carboxylic acids is 1. The Balaban J connectivity index is 2.65. The molecule has 1 aromatic carbocycles. The fourth-order valence-corrected chi connectivity index (χ4v) is 1.70. The molecule has 0 aliphatic heterocycles. The maximum absolute atomic E-state index is 10.7. The van der Waals surface area contributed by atoms with Gasteiger partial charge in [-0.05, 0) is 18.1 Å². The van der Waals surface area contributed by atoms with E-state index in [2.05, 4.69) is 17.1 Å². The molecule has 72 valence electrons. The summed E-state index contributed by atoms with van der Waals surface area (Å²) in [5.74, 6) is 0. The van der Waals surface area contributed by atoms with Crippen LogP contribution in [-0.2, 0) is 6.42 Å². The van der Waals surface area contributed by atoms with Gasteiger partial charge in [-0.2, -0.15) is 5.10 Å². The van der Waals surface area contributed by atoms with Gasteiger partial charge in [0.25, 0.3) is 0 Å². The SMILES string of the molecule is CCCc1ccc(C=O)c2[nH]ncc12. The van der Waals surface area contributed by atoms with Crippen molar-refractivity contribution in [1.29, 1.82) is 0 Å². The fraction of sp³-hybridized carbons (Fsp3) is 0.273. The minimum atomic E-state index is 0.678. The van der Waals surface area contributed by atoms with E-state index in [9.17, 15) is 4.79 Å². The van der Waals surface area contributed by atoms with E-state index in [1.54, 1.807) is 6.20 Å². The molecule has 2 rings (SSSR count). The Morgan fingerprint density at radius 3 is 3.07 bits per heavy atom. The molecule has 3 heteroatoms. The number of aromatic amines is 1. The summed E-state index contributed by atoms with van der Waals surface area (Å²) >= 11 is 0. The van der Waals surface area contributed by atoms with Crippen LogP contribution in [0.3, 0.4) is 0 Å². The third-order valence-corrected chi connectivity index (χ3v) is 2.38. The number of H-pyrrole nitrogens is 1. The van der Waals surface area contributed by atoms with Gasteiger partial charge in [0, 0.05) is 10.9 Å². The summed E-state index contributed by atoms with van der Waals surface area (Å²) in [6, 6.07) is 3.85. The molecular weight excluding hydrogens is 176 g/mol. The summed E-state index contributed by atoms with van der Waals surface area (Å²) in [6.07, 6.45) is 4.76. The molecule has 0 bridgehead atoms. The highest BCUT2D eigenvalue weighted by Crippen LogP contribution is 2.20. The number of nitrogens with zero attached hydrogens (tertiary/aromatic N) is 1. The molecule has 0 aliphatic carbocycles. The predicted molar refractivity (Wildman–Crippen MR) is 55.5 cm³/mol. The van der Waals surface area contributed by atoms with Crippen LogP contribution in [0.1, 0.15) is 29.3 Å². The minimum absolute atomic E-state index is 0.678. The summed E-state index contributed by atoms with van der Waals surface area (Å²) in [6.45, 7) is 2.14. The molecule has 0 saturated heterocycles. The van der Waals surface area contributed by atoms with Crippen molar-refractivity contribution in [3.05, 3.63) is 29.5 Å². The molecule has 3 nitrogen and oxygen atoms in total. The predicted octanol–water partition coefficient (Wildman–Crippen LogP) is 2.33. The molecule has 1 N–H and O–H groups in total. The molecule has 1 aromatic heterocycles. The number of rotatable bonds is 3. The lowest BCUT2D eigenvalue weighted by Crippen LogP contribution is -1.88. The van der Waals surface area contributed by atoms with Crippen LogP contribution in [0.5, 0.6) is 0 Å². The summed E-state index contributed by atoms with van der Waals surface area (Å²) in [4.78, 5) is 10.7. The summed E-state index contributed by atoms with van der Waals surface area (Å²) < 4.78 is 0. The van der Waals surface area contributed by atoms with Gasteiger partial charge in [-0.3, -0.25) is 9.89 Å². The van der Waals surface area contributed by atoms with Gasteiger partial charge in [0.05, 0.1) is 11.7 Å². The quantitative estimate of drug-likeness (QED) is 0.751. The number of hydrogen-bond acceptors (Lipinski definition) is 2. The molecule has 0 spiro atoms. The van der Waals surface area contributed by atoms with E-state index in [0.717, 1.165) is 30.0 Å². The number of hydrogen-bond donors (Lipinski definition) is 1. The molecule has 0 atom stereocenters. The second-order valence-corrected chi connectivity index (χ2v) is 3.34. The fourth-order valence-electron chi connectivity index (χ4n) is 1.70. The highest BCUT2D eigenvalue weighted by molar-refractivity contribution is 5.96. The molecule has 0 aliphatic rings. The van der Waals surface area contributed by atoms with Gasteiger partial charge >= 0.3 is 0 Å². The molecule has 0 unspecified atom stereocenters. The van der Waals surface area contributed by atoms with E-state index >= 15 is 0 Å². The van der Waals surface area contributed by atoms with Crippen LogP contribution in [0, 0.1) is 0 Å². The lowest BCUT2D eigenvalue weighted by molar-refractivity contribution is 0.112. The number of carbonyl (C=O) groups is 1. The van der Waals surface area contributed by atoms with E-state index in [-0.39, 0.29) is 0 Å². The minimum Gasteiger partial charge on any atom is -0.298 e. The highest BCUT2D eigenvalue weighted by Gasteiger charge is 2.06. The van der Waals surface area contributed by atoms with E-state index < -0.39 is 0 Å². The van der Waals surface area contributed by atoms with Crippen molar-refractivity contribution in [2.45, 2.75) is 19.8 Å². The van der Waals surface area contributed by atoms with Crippen molar-refractivity contribution in [2.24, 2.45) is 0 Å². The normalized spacial score (nSPS) is 10.6. The monoisotopic (exact) mass is 188 g/mol. The first-order valence-electron chi connectivity index (χ1n) is 4.77. The van der Waals surface area contributed by atoms with E-state index in [1.165, 1.54) is 5.56 Å². The molecule has 0 saturated carbocycles. The van der Waals surface area contributed by atoms with Crippen LogP contribution in [-0.4, -0.2) is 16.5 Å². The first-order chi connectivity index (χ1) is 6.86. The van der Waals surface area contributed by atoms with Crippen molar-refractivity contribution in [3.8, 4) is 0 Å². The summed E-state index contributed by atoms with van der Waals surface area (Å²) in [7, 11) is 0. The second kappa shape index (κ2) is 3.62. The molecule has 14 heavy (non-hydrogen) atoms. The van der Waals surface area contributed by atoms with Crippen LogP contribution in [0.4, 0.5) is 0 Å². The van der Waals surface area contributed by atoms with Gasteiger partial charge in [0.15, 0.2) is 6.29 Å². The smallest absolute Gasteiger partial charge is 0.152 e. The maximum Gasteiger partial charge on any atom is 0.152 e. The Hall–Kier alpha value is -1.64. The maximum atomic E-state index is 10.7. The van der Waals surface area contributed by atoms with Gasteiger partial charge in [-0.1, -0.05) is 19.4 Å². The second-order valence-electron chi connectivity index (χ2n) is 3.34. The van der Waals surface area contributed by atoms with Gasteiger partial charge < -0.3 is 0 Å². The third-order valence-electron chi connectivity index (χ3n) is 2.38. The average molecular weight is 188 g/mol. The number of aldehydes is 1. The zero-order valence-electron chi connectivity index (χ0n) is 8.08. The Morgan fingerprint density at radius 1 is 1.50 bits per heavy atom. The largest absolute Gasteiger partial charge is 0.298 e. The lowest BCUT2D eigenvalue weighted by atomic mass is 10.0. The van der Waals surface area contributed by atoms with Gasteiger partial charge in [-0.25, -0.2) is 0 Å². The third kappa shape index (κ3) is 1.31. The Kier molecular flexibility index (Phi) is 2.31. The zero-order chi connectivity index (χ0) is 9.97. The molecular formula is C11H12N2O. The number of benzene rings is 1. The summed E-state index contributed by atoms with van der Waals surface area (Å²) in [5, 5.41) is 7.89. The first kappa shape index (κ1) is 8.94. The Labute approximate surface area is 82.1 Å². The van der Waals surface area contributed by atoms with Gasteiger partial charge in [0.2, 0.25) is 0 Å². The lowest BCUT2D eigenvalue weighted by Gasteiger charge is -2.01. The van der Waals surface area contributed by atoms with Crippen molar-refractivity contribution in [2.75, 3.05) is 0 Å². The first-order valence-corrected chi connectivity index (χ1v) is 4.77. The van der Waals surface area contributed by atoms with E-state index in [4.69, 9.17) is 0 Å². The van der Waals surface area contributed by atoms with Crippen molar-refractivity contribution in [3.63, 3.8) is 0 Å². The molecule has 0 fully saturated rings. The topological polar surface area (TPSA) is 45.8 Å². The Bertz CT molecular complexity index is 459. The van der Waals surface area contributed by atoms with Crippen LogP contribution in [0.15, 0.2) is 18.3 Å². The van der Waals surface area contributed by atoms with Gasteiger partial charge in [0.1, 0.15) is 0 Å². The molecule has 2 aromatic rings. The number of nitrogens with one attached hydrogen (secondary N) is 1. The number of fused-ring (bicyclic) bond motifs is 1. The van der Waals surface area contributed by atoms with Crippen LogP contribution in [0.2, 0.25) is 0 Å².